The topological polar surface area (TPSA) is 35.6 Å². The highest BCUT2D eigenvalue weighted by molar-refractivity contribution is 6.33. The Bertz CT molecular complexity index is 456. The summed E-state index contributed by atoms with van der Waals surface area (Å²) in [6, 6.07) is 8.11. The zero-order valence-corrected chi connectivity index (χ0v) is 12.9. The van der Waals surface area contributed by atoms with E-state index in [1.54, 1.807) is 0 Å². The van der Waals surface area contributed by atoms with Gasteiger partial charge in [-0.1, -0.05) is 23.7 Å². The van der Waals surface area contributed by atoms with Gasteiger partial charge in [-0.3, -0.25) is 9.69 Å². The molecule has 4 nitrogen and oxygen atoms in total. The van der Waals surface area contributed by atoms with Gasteiger partial charge in [-0.15, -0.1) is 0 Å². The van der Waals surface area contributed by atoms with Gasteiger partial charge in [0.05, 0.1) is 17.3 Å². The van der Waals surface area contributed by atoms with E-state index in [1.165, 1.54) is 0 Å². The van der Waals surface area contributed by atoms with Gasteiger partial charge >= 0.3 is 0 Å². The second-order valence-electron chi connectivity index (χ2n) is 5.44. The van der Waals surface area contributed by atoms with Crippen LogP contribution in [-0.2, 0) is 4.79 Å². The maximum absolute atomic E-state index is 11.7. The minimum Gasteiger partial charge on any atom is -0.368 e. The second-order valence-corrected chi connectivity index (χ2v) is 5.84. The molecule has 0 bridgehead atoms. The number of carbonyl (C=O) groups excluding carboxylic acids is 1. The molecule has 1 aliphatic rings. The van der Waals surface area contributed by atoms with Crippen LogP contribution in [0.3, 0.4) is 0 Å². The minimum absolute atomic E-state index is 0.103. The first-order valence-corrected chi connectivity index (χ1v) is 7.45. The fraction of sp³-hybridized carbons (Fsp3) is 0.533. The summed E-state index contributed by atoms with van der Waals surface area (Å²) in [5, 5.41) is 3.72. The Kier molecular flexibility index (Phi) is 5.26. The first kappa shape index (κ1) is 15.1. The first-order valence-electron chi connectivity index (χ1n) is 7.07. The third-order valence-corrected chi connectivity index (χ3v) is 3.70. The van der Waals surface area contributed by atoms with Gasteiger partial charge < -0.3 is 10.2 Å². The molecule has 2 rings (SSSR count). The predicted octanol–water partition coefficient (Wildman–Crippen LogP) is 1.99. The molecule has 1 saturated heterocycles. The highest BCUT2D eigenvalue weighted by Gasteiger charge is 2.20. The number of rotatable bonds is 4. The van der Waals surface area contributed by atoms with E-state index in [4.69, 9.17) is 11.6 Å². The summed E-state index contributed by atoms with van der Waals surface area (Å²) in [6.45, 7) is 8.01. The van der Waals surface area contributed by atoms with E-state index >= 15 is 0 Å². The Morgan fingerprint density at radius 2 is 1.90 bits per heavy atom. The summed E-state index contributed by atoms with van der Waals surface area (Å²) in [5.74, 6) is 0.103. The van der Waals surface area contributed by atoms with Crippen LogP contribution in [0.4, 0.5) is 5.69 Å². The van der Waals surface area contributed by atoms with Gasteiger partial charge in [0.2, 0.25) is 5.91 Å². The van der Waals surface area contributed by atoms with E-state index in [2.05, 4.69) is 15.1 Å². The number of piperazine rings is 1. The smallest absolute Gasteiger partial charge is 0.234 e. The van der Waals surface area contributed by atoms with Crippen LogP contribution in [0.25, 0.3) is 0 Å². The van der Waals surface area contributed by atoms with Gasteiger partial charge in [-0.2, -0.15) is 0 Å². The van der Waals surface area contributed by atoms with Crippen LogP contribution >= 0.6 is 11.6 Å². The number of hydrogen-bond donors (Lipinski definition) is 1. The lowest BCUT2D eigenvalue weighted by Gasteiger charge is -2.36. The summed E-state index contributed by atoms with van der Waals surface area (Å²) >= 11 is 6.22. The molecule has 1 amide bonds. The van der Waals surface area contributed by atoms with E-state index < -0.39 is 0 Å². The average molecular weight is 296 g/mol. The molecule has 110 valence electrons. The van der Waals surface area contributed by atoms with Crippen LogP contribution in [0.15, 0.2) is 24.3 Å². The van der Waals surface area contributed by atoms with Gasteiger partial charge in [-0.05, 0) is 26.0 Å². The molecule has 0 saturated carbocycles. The van der Waals surface area contributed by atoms with Crippen molar-refractivity contribution in [3.63, 3.8) is 0 Å². The number of hydrogen-bond acceptors (Lipinski definition) is 3. The van der Waals surface area contributed by atoms with E-state index in [-0.39, 0.29) is 11.9 Å². The van der Waals surface area contributed by atoms with Gasteiger partial charge in [0.15, 0.2) is 0 Å². The van der Waals surface area contributed by atoms with Crippen molar-refractivity contribution in [1.29, 1.82) is 0 Å². The molecule has 0 spiro atoms. The van der Waals surface area contributed by atoms with Crippen LogP contribution in [0.2, 0.25) is 5.02 Å². The summed E-state index contributed by atoms with van der Waals surface area (Å²) in [6.07, 6.45) is 0. The van der Waals surface area contributed by atoms with E-state index in [0.717, 1.165) is 36.9 Å². The van der Waals surface area contributed by atoms with Crippen LogP contribution < -0.4 is 10.2 Å². The van der Waals surface area contributed by atoms with Crippen molar-refractivity contribution in [2.24, 2.45) is 0 Å². The Morgan fingerprint density at radius 1 is 1.25 bits per heavy atom. The minimum atomic E-state index is 0.103. The maximum Gasteiger partial charge on any atom is 0.234 e. The summed E-state index contributed by atoms with van der Waals surface area (Å²) in [4.78, 5) is 16.2. The number of nitrogens with one attached hydrogen (secondary N) is 1. The zero-order valence-electron chi connectivity index (χ0n) is 12.1. The second kappa shape index (κ2) is 6.95. The lowest BCUT2D eigenvalue weighted by Crippen LogP contribution is -2.50. The summed E-state index contributed by atoms with van der Waals surface area (Å²) in [5.41, 5.74) is 1.08. The van der Waals surface area contributed by atoms with Crippen molar-refractivity contribution in [2.45, 2.75) is 19.9 Å². The molecule has 0 atom stereocenters. The summed E-state index contributed by atoms with van der Waals surface area (Å²) in [7, 11) is 0. The standard InChI is InChI=1S/C15H22ClN3O/c1-12(2)17-15(20)11-18-7-9-19(10-8-18)14-6-4-3-5-13(14)16/h3-6,12H,7-11H2,1-2H3,(H,17,20). The first-order chi connectivity index (χ1) is 9.56. The van der Waals surface area contributed by atoms with Crippen molar-refractivity contribution in [2.75, 3.05) is 37.6 Å². The van der Waals surface area contributed by atoms with E-state index in [9.17, 15) is 4.79 Å². The molecule has 1 aromatic carbocycles. The fourth-order valence-corrected chi connectivity index (χ4v) is 2.68. The van der Waals surface area contributed by atoms with Crippen molar-refractivity contribution >= 4 is 23.2 Å². The van der Waals surface area contributed by atoms with Crippen LogP contribution in [0, 0.1) is 0 Å². The Morgan fingerprint density at radius 3 is 2.50 bits per heavy atom. The van der Waals surface area contributed by atoms with Crippen LogP contribution in [-0.4, -0.2) is 49.6 Å². The maximum atomic E-state index is 11.7. The third-order valence-electron chi connectivity index (χ3n) is 3.38. The summed E-state index contributed by atoms with van der Waals surface area (Å²) < 4.78 is 0. The molecule has 1 fully saturated rings. The average Bonchev–Trinajstić information content (AvgIpc) is 2.39. The van der Waals surface area contributed by atoms with Gasteiger partial charge in [0.1, 0.15) is 0 Å². The Hall–Kier alpha value is -1.26. The molecular weight excluding hydrogens is 274 g/mol. The quantitative estimate of drug-likeness (QED) is 0.923. The van der Waals surface area contributed by atoms with Gasteiger partial charge in [0, 0.05) is 32.2 Å². The van der Waals surface area contributed by atoms with Crippen molar-refractivity contribution < 1.29 is 4.79 Å². The van der Waals surface area contributed by atoms with Gasteiger partial charge in [0.25, 0.3) is 0 Å². The largest absolute Gasteiger partial charge is 0.368 e. The molecule has 0 aliphatic carbocycles. The molecule has 1 N–H and O–H groups in total. The van der Waals surface area contributed by atoms with Crippen LogP contribution in [0.1, 0.15) is 13.8 Å². The number of nitrogens with zero attached hydrogens (tertiary/aromatic N) is 2. The third kappa shape index (κ3) is 4.12. The molecule has 0 unspecified atom stereocenters. The molecule has 0 radical (unpaired) electrons. The highest BCUT2D eigenvalue weighted by atomic mass is 35.5. The number of anilines is 1. The molecule has 1 heterocycles. The molecule has 1 aliphatic heterocycles. The highest BCUT2D eigenvalue weighted by Crippen LogP contribution is 2.25. The molecule has 0 aromatic heterocycles. The van der Waals surface area contributed by atoms with Crippen LogP contribution in [0.5, 0.6) is 0 Å². The van der Waals surface area contributed by atoms with Crippen molar-refractivity contribution in [1.82, 2.24) is 10.2 Å². The number of carbonyl (C=O) groups is 1. The van der Waals surface area contributed by atoms with Crippen molar-refractivity contribution in [3.05, 3.63) is 29.3 Å². The lowest BCUT2D eigenvalue weighted by molar-refractivity contribution is -0.122. The zero-order chi connectivity index (χ0) is 14.5. The lowest BCUT2D eigenvalue weighted by atomic mass is 10.2. The molecule has 1 aromatic rings. The number of halogens is 1. The fourth-order valence-electron chi connectivity index (χ4n) is 2.43. The van der Waals surface area contributed by atoms with Crippen molar-refractivity contribution in [3.8, 4) is 0 Å². The monoisotopic (exact) mass is 295 g/mol. The molecule has 5 heteroatoms. The molecule has 20 heavy (non-hydrogen) atoms. The predicted molar refractivity (Wildman–Crippen MR) is 83.4 cm³/mol. The Labute approximate surface area is 125 Å². The number of benzene rings is 1. The molecular formula is C15H22ClN3O. The number of amides is 1. The van der Waals surface area contributed by atoms with E-state index in [1.807, 2.05) is 38.1 Å². The van der Waals surface area contributed by atoms with E-state index in [0.29, 0.717) is 6.54 Å². The normalized spacial score (nSPS) is 16.5. The SMILES string of the molecule is CC(C)NC(=O)CN1CCN(c2ccccc2Cl)CC1. The van der Waals surface area contributed by atoms with Gasteiger partial charge in [-0.25, -0.2) is 0 Å². The Balaban J connectivity index is 1.84. The number of para-hydroxylation sites is 1.